The van der Waals surface area contributed by atoms with Gasteiger partial charge < -0.3 is 0 Å². The minimum absolute atomic E-state index is 0.634. The van der Waals surface area contributed by atoms with Gasteiger partial charge in [-0.25, -0.2) is 15.0 Å². The van der Waals surface area contributed by atoms with E-state index in [1.165, 1.54) is 54.7 Å². The highest BCUT2D eigenvalue weighted by molar-refractivity contribution is 6.11. The first-order chi connectivity index (χ1) is 26.7. The molecule has 54 heavy (non-hydrogen) atoms. The Balaban J connectivity index is 1.11. The first-order valence-electron chi connectivity index (χ1n) is 18.3. The second-order valence-corrected chi connectivity index (χ2v) is 13.6. The van der Waals surface area contributed by atoms with Crippen molar-refractivity contribution < 1.29 is 0 Å². The van der Waals surface area contributed by atoms with Gasteiger partial charge in [-0.15, -0.1) is 0 Å². The molecule has 0 aliphatic heterocycles. The average Bonchev–Trinajstić information content (AvgIpc) is 3.26. The average molecular weight is 688 g/mol. The Morgan fingerprint density at radius 2 is 0.722 bits per heavy atom. The number of hydrogen-bond donors (Lipinski definition) is 0. The van der Waals surface area contributed by atoms with E-state index in [4.69, 9.17) is 15.0 Å². The minimum atomic E-state index is 0.634. The van der Waals surface area contributed by atoms with Crippen LogP contribution in [0, 0.1) is 0 Å². The maximum atomic E-state index is 5.15. The molecule has 0 bridgehead atoms. The third kappa shape index (κ3) is 5.78. The molecule has 0 saturated heterocycles. The van der Waals surface area contributed by atoms with Crippen LogP contribution in [0.1, 0.15) is 0 Å². The maximum absolute atomic E-state index is 5.15. The molecular formula is C51H33N3. The predicted octanol–water partition coefficient (Wildman–Crippen LogP) is 13.3. The molecule has 0 radical (unpaired) electrons. The summed E-state index contributed by atoms with van der Waals surface area (Å²) in [6.45, 7) is 0. The zero-order chi connectivity index (χ0) is 35.8. The fourth-order valence-corrected chi connectivity index (χ4v) is 7.64. The maximum Gasteiger partial charge on any atom is 0.164 e. The van der Waals surface area contributed by atoms with Crippen molar-refractivity contribution in [2.24, 2.45) is 0 Å². The van der Waals surface area contributed by atoms with Gasteiger partial charge in [-0.2, -0.15) is 0 Å². The van der Waals surface area contributed by atoms with Crippen LogP contribution < -0.4 is 0 Å². The van der Waals surface area contributed by atoms with Crippen molar-refractivity contribution >= 4 is 32.3 Å². The van der Waals surface area contributed by atoms with E-state index in [-0.39, 0.29) is 0 Å². The standard InChI is InChI=1S/C51H33N3/c1-3-13-34(14-4-1)38-27-28-40-32-43(30-29-39(40)31-38)51-53-49(37-16-5-2-6-17-37)52-50(54-51)42-22-9-21-41(33-42)45-24-11-19-36-20-12-26-47(48(36)45)46-25-10-18-35-15-7-8-23-44(35)46/h1-33H. The van der Waals surface area contributed by atoms with Crippen molar-refractivity contribution in [1.29, 1.82) is 0 Å². The molecule has 0 atom stereocenters. The van der Waals surface area contributed by atoms with E-state index in [1.807, 2.05) is 24.3 Å². The van der Waals surface area contributed by atoms with Crippen molar-refractivity contribution in [3.8, 4) is 67.5 Å². The predicted molar refractivity (Wildman–Crippen MR) is 225 cm³/mol. The Labute approximate surface area is 313 Å². The van der Waals surface area contributed by atoms with Gasteiger partial charge in [-0.05, 0) is 83.9 Å². The lowest BCUT2D eigenvalue weighted by atomic mass is 9.89. The van der Waals surface area contributed by atoms with Crippen molar-refractivity contribution in [1.82, 2.24) is 15.0 Å². The van der Waals surface area contributed by atoms with Crippen LogP contribution in [0.3, 0.4) is 0 Å². The van der Waals surface area contributed by atoms with Crippen molar-refractivity contribution in [2.45, 2.75) is 0 Å². The van der Waals surface area contributed by atoms with Gasteiger partial charge in [0.15, 0.2) is 17.5 Å². The molecule has 1 heterocycles. The molecule has 0 fully saturated rings. The topological polar surface area (TPSA) is 38.7 Å². The van der Waals surface area contributed by atoms with Gasteiger partial charge in [0.1, 0.15) is 0 Å². The van der Waals surface area contributed by atoms with Crippen LogP contribution >= 0.6 is 0 Å². The van der Waals surface area contributed by atoms with Gasteiger partial charge in [0.2, 0.25) is 0 Å². The fraction of sp³-hybridized carbons (Fsp3) is 0. The van der Waals surface area contributed by atoms with Crippen LogP contribution in [0.25, 0.3) is 99.9 Å². The van der Waals surface area contributed by atoms with Gasteiger partial charge in [0.25, 0.3) is 0 Å². The lowest BCUT2D eigenvalue weighted by Crippen LogP contribution is -2.00. The molecule has 0 N–H and O–H groups in total. The number of benzene rings is 9. The summed E-state index contributed by atoms with van der Waals surface area (Å²) in [5.74, 6) is 1.92. The van der Waals surface area contributed by atoms with Crippen LogP contribution in [-0.2, 0) is 0 Å². The molecular weight excluding hydrogens is 655 g/mol. The quantitative estimate of drug-likeness (QED) is 0.175. The lowest BCUT2D eigenvalue weighted by Gasteiger charge is -2.15. The number of fused-ring (bicyclic) bond motifs is 3. The largest absolute Gasteiger partial charge is 0.208 e. The Hall–Kier alpha value is -7.23. The summed E-state index contributed by atoms with van der Waals surface area (Å²) in [6.07, 6.45) is 0. The summed E-state index contributed by atoms with van der Waals surface area (Å²) >= 11 is 0. The monoisotopic (exact) mass is 687 g/mol. The highest BCUT2D eigenvalue weighted by Crippen LogP contribution is 2.40. The van der Waals surface area contributed by atoms with Gasteiger partial charge in [0, 0.05) is 16.7 Å². The minimum Gasteiger partial charge on any atom is -0.208 e. The highest BCUT2D eigenvalue weighted by Gasteiger charge is 2.16. The van der Waals surface area contributed by atoms with E-state index < -0.39 is 0 Å². The molecule has 0 amide bonds. The van der Waals surface area contributed by atoms with Gasteiger partial charge in [-0.1, -0.05) is 182 Å². The van der Waals surface area contributed by atoms with Crippen LogP contribution in [-0.4, -0.2) is 15.0 Å². The van der Waals surface area contributed by atoms with E-state index in [0.717, 1.165) is 27.6 Å². The first kappa shape index (κ1) is 31.5. The second-order valence-electron chi connectivity index (χ2n) is 13.6. The second kappa shape index (κ2) is 13.4. The van der Waals surface area contributed by atoms with Crippen LogP contribution in [0.15, 0.2) is 200 Å². The molecule has 0 saturated carbocycles. The molecule has 252 valence electrons. The van der Waals surface area contributed by atoms with Crippen molar-refractivity contribution in [3.63, 3.8) is 0 Å². The summed E-state index contributed by atoms with van der Waals surface area (Å²) in [6, 6.07) is 70.7. The first-order valence-corrected chi connectivity index (χ1v) is 18.3. The number of nitrogens with zero attached hydrogens (tertiary/aromatic N) is 3. The van der Waals surface area contributed by atoms with E-state index in [1.54, 1.807) is 0 Å². The fourth-order valence-electron chi connectivity index (χ4n) is 7.64. The highest BCUT2D eigenvalue weighted by atomic mass is 15.0. The number of rotatable bonds is 6. The van der Waals surface area contributed by atoms with Crippen LogP contribution in [0.2, 0.25) is 0 Å². The smallest absolute Gasteiger partial charge is 0.164 e. The summed E-state index contributed by atoms with van der Waals surface area (Å²) in [4.78, 5) is 15.3. The molecule has 0 unspecified atom stereocenters. The van der Waals surface area contributed by atoms with Crippen molar-refractivity contribution in [2.75, 3.05) is 0 Å². The van der Waals surface area contributed by atoms with Crippen LogP contribution in [0.5, 0.6) is 0 Å². The van der Waals surface area contributed by atoms with E-state index in [9.17, 15) is 0 Å². The van der Waals surface area contributed by atoms with Crippen molar-refractivity contribution in [3.05, 3.63) is 200 Å². The third-order valence-electron chi connectivity index (χ3n) is 10.3. The third-order valence-corrected chi connectivity index (χ3v) is 10.3. The molecule has 1 aromatic heterocycles. The summed E-state index contributed by atoms with van der Waals surface area (Å²) in [5.41, 5.74) is 9.93. The van der Waals surface area contributed by atoms with Gasteiger partial charge >= 0.3 is 0 Å². The Bertz CT molecular complexity index is 2980. The van der Waals surface area contributed by atoms with Crippen LogP contribution in [0.4, 0.5) is 0 Å². The van der Waals surface area contributed by atoms with E-state index in [0.29, 0.717) is 17.5 Å². The molecule has 0 aliphatic rings. The zero-order valence-corrected chi connectivity index (χ0v) is 29.4. The number of aromatic nitrogens is 3. The lowest BCUT2D eigenvalue weighted by molar-refractivity contribution is 1.07. The molecule has 9 aromatic carbocycles. The molecule has 0 spiro atoms. The molecule has 0 aliphatic carbocycles. The Kier molecular flexibility index (Phi) is 7.81. The summed E-state index contributed by atoms with van der Waals surface area (Å²) in [5, 5.41) is 7.20. The normalized spacial score (nSPS) is 11.3. The Morgan fingerprint density at radius 1 is 0.241 bits per heavy atom. The molecule has 10 aromatic rings. The summed E-state index contributed by atoms with van der Waals surface area (Å²) in [7, 11) is 0. The Morgan fingerprint density at radius 3 is 1.46 bits per heavy atom. The van der Waals surface area contributed by atoms with E-state index >= 15 is 0 Å². The number of hydrogen-bond acceptors (Lipinski definition) is 3. The van der Waals surface area contributed by atoms with Gasteiger partial charge in [0.05, 0.1) is 0 Å². The summed E-state index contributed by atoms with van der Waals surface area (Å²) < 4.78 is 0. The molecule has 3 heteroatoms. The SMILES string of the molecule is c1ccc(-c2ccc3cc(-c4nc(-c5ccccc5)nc(-c5cccc(-c6cccc7cccc(-c8cccc9ccccc89)c67)c5)n4)ccc3c2)cc1. The van der Waals surface area contributed by atoms with E-state index in [2.05, 4.69) is 176 Å². The van der Waals surface area contributed by atoms with Gasteiger partial charge in [-0.3, -0.25) is 0 Å². The zero-order valence-electron chi connectivity index (χ0n) is 29.4. The molecule has 3 nitrogen and oxygen atoms in total. The molecule has 10 rings (SSSR count).